The Hall–Kier alpha value is -2.48. The second kappa shape index (κ2) is 5.44. The minimum atomic E-state index is -1.09. The van der Waals surface area contributed by atoms with E-state index < -0.39 is 12.5 Å². The highest BCUT2D eigenvalue weighted by Crippen LogP contribution is 2.26. The number of rotatable bonds is 4. The van der Waals surface area contributed by atoms with Crippen molar-refractivity contribution in [3.05, 3.63) is 29.3 Å². The van der Waals surface area contributed by atoms with E-state index in [9.17, 15) is 9.59 Å². The number of aliphatic carboxylic acids is 1. The number of terminal acetylenes is 1. The van der Waals surface area contributed by atoms with E-state index in [0.29, 0.717) is 12.2 Å². The number of ether oxygens (including phenoxy) is 1. The third-order valence-corrected chi connectivity index (χ3v) is 2.83. The number of amides is 1. The second-order valence-corrected chi connectivity index (χ2v) is 4.18. The van der Waals surface area contributed by atoms with Gasteiger partial charge in [0, 0.05) is 12.0 Å². The average molecular weight is 259 g/mol. The molecule has 5 nitrogen and oxygen atoms in total. The van der Waals surface area contributed by atoms with Crippen molar-refractivity contribution in [3.8, 4) is 18.1 Å². The molecule has 1 aromatic rings. The van der Waals surface area contributed by atoms with Gasteiger partial charge in [0.25, 0.3) is 5.91 Å². The fraction of sp³-hybridized carbons (Fsp3) is 0.286. The van der Waals surface area contributed by atoms with Crippen molar-refractivity contribution >= 4 is 11.9 Å². The smallest absolute Gasteiger partial charge is 0.323 e. The molecule has 0 saturated heterocycles. The Morgan fingerprint density at radius 3 is 2.95 bits per heavy atom. The zero-order valence-electron chi connectivity index (χ0n) is 10.3. The summed E-state index contributed by atoms with van der Waals surface area (Å²) in [6.07, 6.45) is 5.91. The average Bonchev–Trinajstić information content (AvgIpc) is 2.84. The molecule has 0 atom stereocenters. The van der Waals surface area contributed by atoms with E-state index in [0.717, 1.165) is 22.6 Å². The van der Waals surface area contributed by atoms with Gasteiger partial charge in [-0.2, -0.15) is 0 Å². The van der Waals surface area contributed by atoms with Crippen LogP contribution in [0.25, 0.3) is 0 Å². The summed E-state index contributed by atoms with van der Waals surface area (Å²) in [6.45, 7) is 0.172. The van der Waals surface area contributed by atoms with Crippen LogP contribution in [0.2, 0.25) is 0 Å². The summed E-state index contributed by atoms with van der Waals surface area (Å²) in [5.74, 6) is 1.60. The number of nitrogens with zero attached hydrogens (tertiary/aromatic N) is 1. The number of carbonyl (C=O) groups excluding carboxylic acids is 1. The van der Waals surface area contributed by atoms with Gasteiger partial charge in [-0.25, -0.2) is 0 Å². The molecule has 1 heterocycles. The topological polar surface area (TPSA) is 66.8 Å². The summed E-state index contributed by atoms with van der Waals surface area (Å²) in [4.78, 5) is 24.0. The van der Waals surface area contributed by atoms with Crippen molar-refractivity contribution < 1.29 is 19.4 Å². The van der Waals surface area contributed by atoms with E-state index in [1.54, 1.807) is 18.2 Å². The number of hydrogen-bond acceptors (Lipinski definition) is 3. The van der Waals surface area contributed by atoms with Crippen molar-refractivity contribution in [2.75, 3.05) is 19.7 Å². The van der Waals surface area contributed by atoms with Crippen LogP contribution in [-0.4, -0.2) is 41.6 Å². The molecule has 1 N–H and O–H groups in total. The van der Waals surface area contributed by atoms with Gasteiger partial charge in [0.05, 0.1) is 13.2 Å². The lowest BCUT2D eigenvalue weighted by molar-refractivity contribution is -0.137. The minimum absolute atomic E-state index is 0.0290. The molecule has 0 saturated carbocycles. The van der Waals surface area contributed by atoms with Gasteiger partial charge in [-0.1, -0.05) is 5.92 Å². The lowest BCUT2D eigenvalue weighted by Crippen LogP contribution is -2.36. The summed E-state index contributed by atoms with van der Waals surface area (Å²) in [6, 6.07) is 5.08. The maximum Gasteiger partial charge on any atom is 0.323 e. The van der Waals surface area contributed by atoms with E-state index in [4.69, 9.17) is 16.3 Å². The number of carbonyl (C=O) groups is 2. The third-order valence-electron chi connectivity index (χ3n) is 2.83. The Labute approximate surface area is 110 Å². The molecule has 0 spiro atoms. The van der Waals surface area contributed by atoms with Crippen molar-refractivity contribution in [2.45, 2.75) is 6.42 Å². The summed E-state index contributed by atoms with van der Waals surface area (Å²) in [7, 11) is 0. The molecule has 0 aromatic heterocycles. The van der Waals surface area contributed by atoms with Crippen LogP contribution in [0.15, 0.2) is 18.2 Å². The Morgan fingerprint density at radius 1 is 1.47 bits per heavy atom. The first-order chi connectivity index (χ1) is 9.11. The second-order valence-electron chi connectivity index (χ2n) is 4.18. The molecule has 1 aliphatic rings. The van der Waals surface area contributed by atoms with E-state index in [1.165, 1.54) is 0 Å². The Balaban J connectivity index is 2.21. The molecule has 1 aliphatic heterocycles. The number of carboxylic acid groups (broad SMARTS) is 1. The van der Waals surface area contributed by atoms with Gasteiger partial charge < -0.3 is 14.7 Å². The highest BCUT2D eigenvalue weighted by atomic mass is 16.5. The largest absolute Gasteiger partial charge is 0.493 e. The molecule has 0 fully saturated rings. The Kier molecular flexibility index (Phi) is 3.71. The van der Waals surface area contributed by atoms with E-state index in [-0.39, 0.29) is 12.5 Å². The van der Waals surface area contributed by atoms with Crippen molar-refractivity contribution in [3.63, 3.8) is 0 Å². The lowest BCUT2D eigenvalue weighted by Gasteiger charge is -2.18. The molecular weight excluding hydrogens is 246 g/mol. The van der Waals surface area contributed by atoms with E-state index in [2.05, 4.69) is 5.92 Å². The van der Waals surface area contributed by atoms with Crippen LogP contribution in [0.1, 0.15) is 15.9 Å². The normalized spacial score (nSPS) is 12.2. The van der Waals surface area contributed by atoms with E-state index in [1.807, 2.05) is 0 Å². The highest BCUT2D eigenvalue weighted by Gasteiger charge is 2.20. The first-order valence-corrected chi connectivity index (χ1v) is 5.82. The molecule has 98 valence electrons. The first-order valence-electron chi connectivity index (χ1n) is 5.82. The van der Waals surface area contributed by atoms with Gasteiger partial charge in [0.2, 0.25) is 0 Å². The molecule has 0 aliphatic carbocycles. The van der Waals surface area contributed by atoms with Crippen LogP contribution in [0.3, 0.4) is 0 Å². The molecule has 0 unspecified atom stereocenters. The van der Waals surface area contributed by atoms with Gasteiger partial charge in [0.15, 0.2) is 0 Å². The fourth-order valence-corrected chi connectivity index (χ4v) is 1.98. The van der Waals surface area contributed by atoms with Crippen molar-refractivity contribution in [1.29, 1.82) is 0 Å². The summed E-state index contributed by atoms with van der Waals surface area (Å²) >= 11 is 0. The summed E-state index contributed by atoms with van der Waals surface area (Å²) in [5, 5.41) is 8.78. The van der Waals surface area contributed by atoms with Crippen LogP contribution in [0, 0.1) is 12.3 Å². The molecule has 1 amide bonds. The quantitative estimate of drug-likeness (QED) is 0.811. The van der Waals surface area contributed by atoms with Crippen molar-refractivity contribution in [1.82, 2.24) is 4.90 Å². The maximum atomic E-state index is 12.2. The van der Waals surface area contributed by atoms with Crippen LogP contribution < -0.4 is 4.74 Å². The standard InChI is InChI=1S/C14H13NO4/c1-2-6-15(9-13(16)17)14(18)11-3-4-12-10(8-11)5-7-19-12/h1,3-4,8H,5-7,9H2,(H,16,17). The van der Waals surface area contributed by atoms with Gasteiger partial charge in [0.1, 0.15) is 12.3 Å². The van der Waals surface area contributed by atoms with Crippen LogP contribution in [-0.2, 0) is 11.2 Å². The van der Waals surface area contributed by atoms with Crippen LogP contribution in [0.5, 0.6) is 5.75 Å². The number of carboxylic acids is 1. The zero-order valence-corrected chi connectivity index (χ0v) is 10.3. The summed E-state index contributed by atoms with van der Waals surface area (Å²) < 4.78 is 5.35. The molecular formula is C14H13NO4. The molecule has 1 aromatic carbocycles. The van der Waals surface area contributed by atoms with Gasteiger partial charge in [-0.05, 0) is 23.8 Å². The number of fused-ring (bicyclic) bond motifs is 1. The third kappa shape index (κ3) is 2.86. The van der Waals surface area contributed by atoms with Crippen LogP contribution in [0.4, 0.5) is 0 Å². The molecule has 5 heteroatoms. The number of hydrogen-bond donors (Lipinski definition) is 1. The van der Waals surface area contributed by atoms with Gasteiger partial charge in [-0.3, -0.25) is 9.59 Å². The predicted molar refractivity (Wildman–Crippen MR) is 68.0 cm³/mol. The predicted octanol–water partition coefficient (Wildman–Crippen LogP) is 0.782. The molecule has 0 radical (unpaired) electrons. The lowest BCUT2D eigenvalue weighted by atomic mass is 10.1. The van der Waals surface area contributed by atoms with Gasteiger partial charge >= 0.3 is 5.97 Å². The fourth-order valence-electron chi connectivity index (χ4n) is 1.98. The van der Waals surface area contributed by atoms with Gasteiger partial charge in [-0.15, -0.1) is 6.42 Å². The zero-order chi connectivity index (χ0) is 13.8. The Bertz CT molecular complexity index is 559. The highest BCUT2D eigenvalue weighted by molar-refractivity contribution is 5.96. The minimum Gasteiger partial charge on any atom is -0.493 e. The monoisotopic (exact) mass is 259 g/mol. The Morgan fingerprint density at radius 2 is 2.26 bits per heavy atom. The number of benzene rings is 1. The molecule has 0 bridgehead atoms. The molecule has 19 heavy (non-hydrogen) atoms. The maximum absolute atomic E-state index is 12.2. The summed E-state index contributed by atoms with van der Waals surface area (Å²) in [5.41, 5.74) is 1.39. The SMILES string of the molecule is C#CCN(CC(=O)O)C(=O)c1ccc2c(c1)CCO2. The van der Waals surface area contributed by atoms with Crippen molar-refractivity contribution in [2.24, 2.45) is 0 Å². The molecule has 2 rings (SSSR count). The van der Waals surface area contributed by atoms with E-state index >= 15 is 0 Å². The van der Waals surface area contributed by atoms with Crippen LogP contribution >= 0.6 is 0 Å². The first kappa shape index (κ1) is 13.0.